The maximum atomic E-state index is 11.9. The van der Waals surface area contributed by atoms with Gasteiger partial charge in [-0.2, -0.15) is 0 Å². The summed E-state index contributed by atoms with van der Waals surface area (Å²) in [6.45, 7) is 7.55. The van der Waals surface area contributed by atoms with Gasteiger partial charge in [-0.05, 0) is 30.4 Å². The minimum atomic E-state index is -0.0159. The van der Waals surface area contributed by atoms with Crippen molar-refractivity contribution in [2.45, 2.75) is 46.1 Å². The maximum absolute atomic E-state index is 11.9. The van der Waals surface area contributed by atoms with Gasteiger partial charge in [0.1, 0.15) is 12.4 Å². The van der Waals surface area contributed by atoms with Crippen molar-refractivity contribution in [3.63, 3.8) is 0 Å². The summed E-state index contributed by atoms with van der Waals surface area (Å²) in [7, 11) is 0. The summed E-state index contributed by atoms with van der Waals surface area (Å²) >= 11 is 0. The molecule has 2 rings (SSSR count). The number of nitrogens with one attached hydrogen (secondary N) is 1. The van der Waals surface area contributed by atoms with E-state index >= 15 is 0 Å². The predicted octanol–water partition coefficient (Wildman–Crippen LogP) is 3.62. The smallest absolute Gasteiger partial charge is 0.224 e. The third kappa shape index (κ3) is 5.76. The summed E-state index contributed by atoms with van der Waals surface area (Å²) < 4.78 is 11.3. The fraction of sp³-hybridized carbons (Fsp3) is 0.588. The number of benzene rings is 1. The van der Waals surface area contributed by atoms with Crippen molar-refractivity contribution < 1.29 is 14.3 Å². The van der Waals surface area contributed by atoms with E-state index in [1.165, 1.54) is 0 Å². The zero-order chi connectivity index (χ0) is 15.3. The molecule has 0 bridgehead atoms. The average molecular weight is 291 g/mol. The van der Waals surface area contributed by atoms with E-state index in [4.69, 9.17) is 9.47 Å². The first-order valence-electron chi connectivity index (χ1n) is 7.57. The van der Waals surface area contributed by atoms with Gasteiger partial charge in [0.25, 0.3) is 0 Å². The van der Waals surface area contributed by atoms with Gasteiger partial charge in [0.2, 0.25) is 5.91 Å². The zero-order valence-electron chi connectivity index (χ0n) is 13.1. The molecule has 1 heterocycles. The Morgan fingerprint density at radius 3 is 2.90 bits per heavy atom. The molecule has 1 amide bonds. The van der Waals surface area contributed by atoms with Crippen molar-refractivity contribution in [2.24, 2.45) is 5.41 Å². The highest BCUT2D eigenvalue weighted by Gasteiger charge is 2.17. The van der Waals surface area contributed by atoms with Crippen molar-refractivity contribution in [1.82, 2.24) is 0 Å². The number of carbonyl (C=O) groups is 1. The lowest BCUT2D eigenvalue weighted by molar-refractivity contribution is -0.117. The Labute approximate surface area is 126 Å². The standard InChI is InChI=1S/C17H25NO3/c1-17(2,3)11-16(19)18-13-6-4-7-14(10-13)21-12-15-8-5-9-20-15/h4,6-7,10,15H,5,8-9,11-12H2,1-3H3,(H,18,19). The first-order chi connectivity index (χ1) is 9.92. The Kier molecular flexibility index (Phi) is 5.23. The summed E-state index contributed by atoms with van der Waals surface area (Å²) in [6, 6.07) is 7.51. The van der Waals surface area contributed by atoms with E-state index in [9.17, 15) is 4.79 Å². The second-order valence-electron chi connectivity index (χ2n) is 6.76. The number of carbonyl (C=O) groups excluding carboxylic acids is 1. The van der Waals surface area contributed by atoms with Gasteiger partial charge >= 0.3 is 0 Å². The molecule has 4 nitrogen and oxygen atoms in total. The molecule has 1 unspecified atom stereocenters. The van der Waals surface area contributed by atoms with Crippen molar-refractivity contribution in [2.75, 3.05) is 18.5 Å². The van der Waals surface area contributed by atoms with Gasteiger partial charge in [-0.25, -0.2) is 0 Å². The molecule has 1 saturated heterocycles. The lowest BCUT2D eigenvalue weighted by atomic mass is 9.92. The summed E-state index contributed by atoms with van der Waals surface area (Å²) in [5.41, 5.74) is 0.756. The van der Waals surface area contributed by atoms with Crippen LogP contribution in [-0.4, -0.2) is 25.2 Å². The van der Waals surface area contributed by atoms with E-state index in [-0.39, 0.29) is 17.4 Å². The molecule has 1 fully saturated rings. The lowest BCUT2D eigenvalue weighted by Gasteiger charge is -2.17. The Balaban J connectivity index is 1.86. The highest BCUT2D eigenvalue weighted by atomic mass is 16.5. The molecule has 21 heavy (non-hydrogen) atoms. The number of hydrogen-bond acceptors (Lipinski definition) is 3. The van der Waals surface area contributed by atoms with Gasteiger partial charge in [-0.3, -0.25) is 4.79 Å². The fourth-order valence-electron chi connectivity index (χ4n) is 2.32. The lowest BCUT2D eigenvalue weighted by Crippen LogP contribution is -2.19. The Hall–Kier alpha value is -1.55. The molecule has 0 aromatic heterocycles. The Morgan fingerprint density at radius 2 is 2.24 bits per heavy atom. The number of amides is 1. The van der Waals surface area contributed by atoms with Crippen LogP contribution in [0.15, 0.2) is 24.3 Å². The molecule has 1 N–H and O–H groups in total. The number of hydrogen-bond donors (Lipinski definition) is 1. The van der Waals surface area contributed by atoms with E-state index in [1.54, 1.807) is 0 Å². The van der Waals surface area contributed by atoms with Crippen LogP contribution in [0.5, 0.6) is 5.75 Å². The van der Waals surface area contributed by atoms with E-state index in [2.05, 4.69) is 5.32 Å². The van der Waals surface area contributed by atoms with Crippen LogP contribution in [-0.2, 0) is 9.53 Å². The van der Waals surface area contributed by atoms with E-state index in [0.717, 1.165) is 30.9 Å². The summed E-state index contributed by atoms with van der Waals surface area (Å²) in [5.74, 6) is 0.790. The first-order valence-corrected chi connectivity index (χ1v) is 7.57. The van der Waals surface area contributed by atoms with Crippen LogP contribution in [0.3, 0.4) is 0 Å². The Morgan fingerprint density at radius 1 is 1.43 bits per heavy atom. The number of ether oxygens (including phenoxy) is 2. The molecule has 1 aromatic carbocycles. The van der Waals surface area contributed by atoms with Crippen molar-refractivity contribution in [3.05, 3.63) is 24.3 Å². The first kappa shape index (κ1) is 15.8. The molecule has 1 atom stereocenters. The van der Waals surface area contributed by atoms with Crippen LogP contribution < -0.4 is 10.1 Å². The van der Waals surface area contributed by atoms with Crippen LogP contribution in [0.2, 0.25) is 0 Å². The van der Waals surface area contributed by atoms with Crippen molar-refractivity contribution in [1.29, 1.82) is 0 Å². The summed E-state index contributed by atoms with van der Waals surface area (Å²) in [4.78, 5) is 11.9. The zero-order valence-corrected chi connectivity index (χ0v) is 13.1. The van der Waals surface area contributed by atoms with Crippen LogP contribution in [0.4, 0.5) is 5.69 Å². The van der Waals surface area contributed by atoms with Gasteiger partial charge in [0, 0.05) is 24.8 Å². The molecular formula is C17H25NO3. The van der Waals surface area contributed by atoms with Crippen LogP contribution >= 0.6 is 0 Å². The third-order valence-corrected chi connectivity index (χ3v) is 3.27. The van der Waals surface area contributed by atoms with E-state index in [1.807, 2.05) is 45.0 Å². The van der Waals surface area contributed by atoms with E-state index < -0.39 is 0 Å². The van der Waals surface area contributed by atoms with Crippen LogP contribution in [0.1, 0.15) is 40.0 Å². The number of anilines is 1. The minimum Gasteiger partial charge on any atom is -0.491 e. The summed E-state index contributed by atoms with van der Waals surface area (Å²) in [5, 5.41) is 2.92. The molecule has 0 aliphatic carbocycles. The molecule has 0 spiro atoms. The van der Waals surface area contributed by atoms with Gasteiger partial charge in [0.05, 0.1) is 6.10 Å². The molecule has 4 heteroatoms. The quantitative estimate of drug-likeness (QED) is 0.901. The monoisotopic (exact) mass is 291 g/mol. The second kappa shape index (κ2) is 6.94. The van der Waals surface area contributed by atoms with E-state index in [0.29, 0.717) is 13.0 Å². The molecule has 1 aliphatic heterocycles. The maximum Gasteiger partial charge on any atom is 0.224 e. The SMILES string of the molecule is CC(C)(C)CC(=O)Nc1cccc(OCC2CCCO2)c1. The van der Waals surface area contributed by atoms with Crippen molar-refractivity contribution in [3.8, 4) is 5.75 Å². The van der Waals surface area contributed by atoms with Crippen molar-refractivity contribution >= 4 is 11.6 Å². The summed E-state index contributed by atoms with van der Waals surface area (Å²) in [6.07, 6.45) is 2.86. The second-order valence-corrected chi connectivity index (χ2v) is 6.76. The largest absolute Gasteiger partial charge is 0.491 e. The molecule has 0 saturated carbocycles. The van der Waals surface area contributed by atoms with Gasteiger partial charge < -0.3 is 14.8 Å². The topological polar surface area (TPSA) is 47.6 Å². The molecule has 1 aromatic rings. The third-order valence-electron chi connectivity index (χ3n) is 3.27. The molecule has 1 aliphatic rings. The van der Waals surface area contributed by atoms with Gasteiger partial charge in [-0.1, -0.05) is 26.8 Å². The van der Waals surface area contributed by atoms with Gasteiger partial charge in [-0.15, -0.1) is 0 Å². The highest BCUT2D eigenvalue weighted by Crippen LogP contribution is 2.22. The normalized spacial score (nSPS) is 18.5. The average Bonchev–Trinajstić information content (AvgIpc) is 2.87. The van der Waals surface area contributed by atoms with Crippen LogP contribution in [0, 0.1) is 5.41 Å². The van der Waals surface area contributed by atoms with Gasteiger partial charge in [0.15, 0.2) is 0 Å². The molecular weight excluding hydrogens is 266 g/mol. The fourth-order valence-corrected chi connectivity index (χ4v) is 2.32. The number of rotatable bonds is 5. The Bertz CT molecular complexity index is 473. The minimum absolute atomic E-state index is 0.0159. The molecule has 0 radical (unpaired) electrons. The molecule has 116 valence electrons. The predicted molar refractivity (Wildman–Crippen MR) is 83.6 cm³/mol. The highest BCUT2D eigenvalue weighted by molar-refractivity contribution is 5.91. The van der Waals surface area contributed by atoms with Crippen LogP contribution in [0.25, 0.3) is 0 Å².